The number of nitrogen functional groups attached to an aromatic ring is 1. The van der Waals surface area contributed by atoms with Crippen LogP contribution in [0.5, 0.6) is 0 Å². The number of benzene rings is 1. The van der Waals surface area contributed by atoms with E-state index in [0.29, 0.717) is 55.8 Å². The van der Waals surface area contributed by atoms with Crippen LogP contribution in [-0.2, 0) is 30.3 Å². The summed E-state index contributed by atoms with van der Waals surface area (Å²) in [7, 11) is 4.80. The lowest BCUT2D eigenvalue weighted by molar-refractivity contribution is -0.147. The standard InChI is InChI=1S/C42H65N7O7S/c1-9-20-49(39(52)35(27(5)10-2)47-37(51)32-13-11-12-21-48(32)7)33(26(3)4)23-34(56-41(54)44-6)38-46-31(25-57-38)36(50)45-30(22-28-14-16-29(43)17-15-28)24-42(18-19-42)40(53)55-8/h14-17,25-27,30,32-35H,9-13,18-24,43H2,1-8H3,(H,44,54)(H,45,50)(H,47,51)/t27-,30-,32+,33+,34+,35-/m0/s1. The molecule has 2 aromatic rings. The number of nitrogens with one attached hydrogen (secondary N) is 3. The van der Waals surface area contributed by atoms with Crippen molar-refractivity contribution >= 4 is 46.8 Å². The predicted molar refractivity (Wildman–Crippen MR) is 221 cm³/mol. The maximum atomic E-state index is 14.7. The van der Waals surface area contributed by atoms with Crippen molar-refractivity contribution in [3.63, 3.8) is 0 Å². The molecule has 1 aromatic heterocycles. The molecule has 0 bridgehead atoms. The van der Waals surface area contributed by atoms with Gasteiger partial charge in [0.05, 0.1) is 18.6 Å². The zero-order chi connectivity index (χ0) is 41.9. The number of carbonyl (C=O) groups excluding carboxylic acids is 5. The minimum absolute atomic E-state index is 0.0598. The quantitative estimate of drug-likeness (QED) is 0.0987. The number of ether oxygens (including phenoxy) is 2. The molecule has 1 aliphatic carbocycles. The smallest absolute Gasteiger partial charge is 0.407 e. The van der Waals surface area contributed by atoms with Gasteiger partial charge in [-0.1, -0.05) is 59.6 Å². The molecule has 4 rings (SSSR count). The van der Waals surface area contributed by atoms with Crippen molar-refractivity contribution in [3.8, 4) is 0 Å². The van der Waals surface area contributed by atoms with Crippen molar-refractivity contribution in [1.29, 1.82) is 0 Å². The molecule has 2 heterocycles. The van der Waals surface area contributed by atoms with Crippen LogP contribution in [0.4, 0.5) is 10.5 Å². The van der Waals surface area contributed by atoms with Crippen molar-refractivity contribution in [2.75, 3.05) is 40.0 Å². The van der Waals surface area contributed by atoms with Crippen molar-refractivity contribution in [2.45, 2.75) is 129 Å². The summed E-state index contributed by atoms with van der Waals surface area (Å²) in [5.41, 5.74) is 7.00. The van der Waals surface area contributed by atoms with E-state index in [-0.39, 0.29) is 47.8 Å². The minimum atomic E-state index is -0.886. The van der Waals surface area contributed by atoms with E-state index in [0.717, 1.165) is 31.4 Å². The number of aromatic nitrogens is 1. The van der Waals surface area contributed by atoms with Crippen LogP contribution in [0, 0.1) is 17.3 Å². The summed E-state index contributed by atoms with van der Waals surface area (Å²) in [4.78, 5) is 76.2. The monoisotopic (exact) mass is 811 g/mol. The number of hydrogen-bond donors (Lipinski definition) is 4. The second kappa shape index (κ2) is 21.0. The summed E-state index contributed by atoms with van der Waals surface area (Å²) >= 11 is 1.20. The molecule has 1 saturated carbocycles. The average molecular weight is 812 g/mol. The number of rotatable bonds is 20. The van der Waals surface area contributed by atoms with E-state index in [2.05, 4.69) is 20.9 Å². The second-order valence-corrected chi connectivity index (χ2v) is 17.1. The van der Waals surface area contributed by atoms with Crippen molar-refractivity contribution in [2.24, 2.45) is 17.3 Å². The molecule has 4 amide bonds. The lowest BCUT2D eigenvalue weighted by atomic mass is 9.92. The normalized spacial score (nSPS) is 19.0. The molecular formula is C42H65N7O7S. The number of likely N-dealkylation sites (N-methyl/N-ethyl adjacent to an activating group) is 1. The molecule has 2 fully saturated rings. The van der Waals surface area contributed by atoms with E-state index in [1.807, 2.05) is 58.7 Å². The Morgan fingerprint density at radius 3 is 2.35 bits per heavy atom. The Morgan fingerprint density at radius 2 is 1.77 bits per heavy atom. The summed E-state index contributed by atoms with van der Waals surface area (Å²) in [5.74, 6) is -1.18. The van der Waals surface area contributed by atoms with Crippen molar-refractivity contribution < 1.29 is 33.4 Å². The molecular weight excluding hydrogens is 747 g/mol. The highest BCUT2D eigenvalue weighted by Gasteiger charge is 2.52. The molecule has 1 aromatic carbocycles. The number of nitrogens with two attached hydrogens (primary N) is 1. The van der Waals surface area contributed by atoms with Gasteiger partial charge in [-0.15, -0.1) is 11.3 Å². The third-order valence-corrected chi connectivity index (χ3v) is 12.5. The van der Waals surface area contributed by atoms with E-state index < -0.39 is 41.6 Å². The van der Waals surface area contributed by atoms with Gasteiger partial charge in [0.1, 0.15) is 16.7 Å². The zero-order valence-electron chi connectivity index (χ0n) is 35.1. The molecule has 0 spiro atoms. The minimum Gasteiger partial charge on any atom is -0.469 e. The molecule has 316 valence electrons. The fraction of sp³-hybridized carbons (Fsp3) is 0.667. The Hall–Kier alpha value is -4.24. The van der Waals surface area contributed by atoms with Crippen LogP contribution in [-0.4, -0.2) is 103 Å². The molecule has 57 heavy (non-hydrogen) atoms. The number of thiazole rings is 1. The van der Waals surface area contributed by atoms with Crippen molar-refractivity contribution in [1.82, 2.24) is 30.7 Å². The highest BCUT2D eigenvalue weighted by atomic mass is 32.1. The maximum absolute atomic E-state index is 14.7. The molecule has 14 nitrogen and oxygen atoms in total. The molecule has 5 N–H and O–H groups in total. The lowest BCUT2D eigenvalue weighted by Crippen LogP contribution is -2.58. The van der Waals surface area contributed by atoms with Crippen molar-refractivity contribution in [3.05, 3.63) is 45.9 Å². The lowest BCUT2D eigenvalue weighted by Gasteiger charge is -2.40. The first-order valence-electron chi connectivity index (χ1n) is 20.5. The SMILES string of the molecule is CCCN(C(=O)[C@@H](NC(=O)[C@H]1CCCCN1C)[C@@H](C)CC)[C@H](C[C@@H](OC(=O)NC)c1nc(C(=O)N[C@@H](Cc2ccc(N)cc2)CC2(C(=O)OC)CC2)cs1)C(C)C. The first-order chi connectivity index (χ1) is 27.2. The van der Waals surface area contributed by atoms with Crippen LogP contribution >= 0.6 is 11.3 Å². The summed E-state index contributed by atoms with van der Waals surface area (Å²) in [6.07, 6.45) is 5.05. The largest absolute Gasteiger partial charge is 0.469 e. The number of amides is 4. The molecule has 15 heteroatoms. The summed E-state index contributed by atoms with van der Waals surface area (Å²) in [6.45, 7) is 11.3. The first kappa shape index (κ1) is 45.5. The van der Waals surface area contributed by atoms with Gasteiger partial charge in [-0.05, 0) is 88.1 Å². The number of likely N-dealkylation sites (tertiary alicyclic amines) is 1. The molecule has 0 unspecified atom stereocenters. The molecule has 6 atom stereocenters. The first-order valence-corrected chi connectivity index (χ1v) is 21.4. The van der Waals surface area contributed by atoms with Gasteiger partial charge in [-0.3, -0.25) is 24.1 Å². The third-order valence-electron chi connectivity index (χ3n) is 11.6. The van der Waals surface area contributed by atoms with E-state index in [9.17, 15) is 24.0 Å². The van der Waals surface area contributed by atoms with Crippen LogP contribution in [0.1, 0.15) is 120 Å². The van der Waals surface area contributed by atoms with Gasteiger partial charge >= 0.3 is 12.1 Å². The fourth-order valence-corrected chi connectivity index (χ4v) is 8.65. The number of hydrogen-bond acceptors (Lipinski definition) is 11. The third kappa shape index (κ3) is 12.1. The van der Waals surface area contributed by atoms with E-state index in [4.69, 9.17) is 20.2 Å². The number of nitrogens with zero attached hydrogens (tertiary/aromatic N) is 3. The van der Waals surface area contributed by atoms with Crippen LogP contribution < -0.4 is 21.7 Å². The van der Waals surface area contributed by atoms with Gasteiger partial charge in [0.2, 0.25) is 11.8 Å². The number of alkyl carbamates (subject to hydrolysis) is 1. The van der Waals surface area contributed by atoms with Gasteiger partial charge in [0, 0.05) is 43.2 Å². The molecule has 2 aliphatic rings. The van der Waals surface area contributed by atoms with Gasteiger partial charge in [0.15, 0.2) is 6.10 Å². The Bertz CT molecular complexity index is 1660. The van der Waals surface area contributed by atoms with Crippen LogP contribution in [0.25, 0.3) is 0 Å². The number of methoxy groups -OCH3 is 1. The highest BCUT2D eigenvalue weighted by Crippen LogP contribution is 2.51. The van der Waals surface area contributed by atoms with Gasteiger partial charge in [-0.2, -0.15) is 0 Å². The zero-order valence-corrected chi connectivity index (χ0v) is 35.9. The van der Waals surface area contributed by atoms with Crippen LogP contribution in [0.2, 0.25) is 0 Å². The van der Waals surface area contributed by atoms with Gasteiger partial charge in [-0.25, -0.2) is 9.78 Å². The Kier molecular flexibility index (Phi) is 16.7. The summed E-state index contributed by atoms with van der Waals surface area (Å²) in [6, 6.07) is 5.60. The number of anilines is 1. The fourth-order valence-electron chi connectivity index (χ4n) is 7.81. The number of carbonyl (C=O) groups is 5. The van der Waals surface area contributed by atoms with Gasteiger partial charge in [0.25, 0.3) is 5.91 Å². The average Bonchev–Trinajstić information content (AvgIpc) is 3.80. The van der Waals surface area contributed by atoms with E-state index >= 15 is 0 Å². The predicted octanol–water partition coefficient (Wildman–Crippen LogP) is 5.48. The maximum Gasteiger partial charge on any atom is 0.407 e. The number of piperidine rings is 1. The molecule has 0 radical (unpaired) electrons. The number of esters is 1. The van der Waals surface area contributed by atoms with Crippen LogP contribution in [0.15, 0.2) is 29.6 Å². The molecule has 1 saturated heterocycles. The van der Waals surface area contributed by atoms with E-state index in [1.165, 1.54) is 25.5 Å². The summed E-state index contributed by atoms with van der Waals surface area (Å²) in [5, 5.41) is 10.8. The highest BCUT2D eigenvalue weighted by molar-refractivity contribution is 7.09. The summed E-state index contributed by atoms with van der Waals surface area (Å²) < 4.78 is 11.0. The topological polar surface area (TPSA) is 185 Å². The Morgan fingerprint density at radius 1 is 1.07 bits per heavy atom. The molecule has 1 aliphatic heterocycles. The Labute approximate surface area is 342 Å². The Balaban J connectivity index is 1.59. The van der Waals surface area contributed by atoms with E-state index in [1.54, 1.807) is 17.5 Å². The second-order valence-electron chi connectivity index (χ2n) is 16.2. The van der Waals surface area contributed by atoms with Crippen LogP contribution in [0.3, 0.4) is 0 Å². The van der Waals surface area contributed by atoms with Gasteiger partial charge < -0.3 is 36.1 Å².